The minimum absolute atomic E-state index is 0.341. The minimum atomic E-state index is -0.503. The summed E-state index contributed by atoms with van der Waals surface area (Å²) < 4.78 is 0. The molecule has 1 aliphatic heterocycles. The maximum atomic E-state index is 12.0. The molecule has 0 bridgehead atoms. The molecule has 5 heteroatoms. The molecule has 0 spiro atoms. The lowest BCUT2D eigenvalue weighted by Crippen LogP contribution is -2.40. The molecule has 0 radical (unpaired) electrons. The average molecular weight is 288 g/mol. The fraction of sp³-hybridized carbons (Fsp3) is 0.538. The lowest BCUT2D eigenvalue weighted by Gasteiger charge is -2.28. The second-order valence-electron chi connectivity index (χ2n) is 4.54. The molecule has 98 valence electrons. The number of likely N-dealkylation sites (tertiary alicyclic amines) is 1. The molecule has 0 aromatic heterocycles. The fourth-order valence-electron chi connectivity index (χ4n) is 2.39. The van der Waals surface area contributed by atoms with Crippen LogP contribution in [0.1, 0.15) is 26.2 Å². The number of carbonyl (C=O) groups is 2. The summed E-state index contributed by atoms with van der Waals surface area (Å²) in [4.78, 5) is 25.4. The number of nitrogens with zero attached hydrogens (tertiary/aromatic N) is 1. The van der Waals surface area contributed by atoms with Gasteiger partial charge in [0.2, 0.25) is 5.78 Å². The van der Waals surface area contributed by atoms with E-state index in [0.29, 0.717) is 17.2 Å². The van der Waals surface area contributed by atoms with Crippen molar-refractivity contribution in [3.8, 4) is 0 Å². The van der Waals surface area contributed by atoms with Crippen molar-refractivity contribution in [2.24, 2.45) is 0 Å². The van der Waals surface area contributed by atoms with Crippen molar-refractivity contribution in [1.82, 2.24) is 4.90 Å². The Morgan fingerprint density at radius 2 is 2.06 bits per heavy atom. The monoisotopic (exact) mass is 287 g/mol. The van der Waals surface area contributed by atoms with Crippen LogP contribution in [-0.2, 0) is 9.59 Å². The van der Waals surface area contributed by atoms with Crippen molar-refractivity contribution in [1.29, 1.82) is 0 Å². The number of amides is 1. The van der Waals surface area contributed by atoms with Crippen molar-refractivity contribution in [2.45, 2.75) is 37.6 Å². The van der Waals surface area contributed by atoms with E-state index in [4.69, 9.17) is 23.2 Å². The highest BCUT2D eigenvalue weighted by molar-refractivity contribution is 6.49. The van der Waals surface area contributed by atoms with Gasteiger partial charge < -0.3 is 4.90 Å². The second-order valence-corrected chi connectivity index (χ2v) is 5.46. The minimum Gasteiger partial charge on any atom is -0.327 e. The number of halogens is 2. The molecule has 2 aliphatic rings. The van der Waals surface area contributed by atoms with Crippen molar-refractivity contribution >= 4 is 34.9 Å². The maximum Gasteiger partial charge on any atom is 0.295 e. The van der Waals surface area contributed by atoms with Crippen molar-refractivity contribution in [3.63, 3.8) is 0 Å². The van der Waals surface area contributed by atoms with Crippen LogP contribution >= 0.6 is 23.2 Å². The van der Waals surface area contributed by atoms with E-state index >= 15 is 0 Å². The van der Waals surface area contributed by atoms with E-state index in [9.17, 15) is 9.59 Å². The molecule has 1 heterocycles. The van der Waals surface area contributed by atoms with Crippen molar-refractivity contribution in [3.05, 3.63) is 22.8 Å². The van der Waals surface area contributed by atoms with Gasteiger partial charge in [0.05, 0.1) is 11.4 Å². The number of hydrogen-bond donors (Lipinski definition) is 0. The van der Waals surface area contributed by atoms with Crippen LogP contribution < -0.4 is 0 Å². The van der Waals surface area contributed by atoms with Crippen LogP contribution in [0.25, 0.3) is 0 Å². The molecule has 1 fully saturated rings. The van der Waals surface area contributed by atoms with E-state index in [-0.39, 0.29) is 11.4 Å². The SMILES string of the molecule is CCCCCN1C(=O)C(=O)C2=C(Cl)C=CC(Cl)C21. The number of alkyl halides is 1. The zero-order valence-corrected chi connectivity index (χ0v) is 11.7. The van der Waals surface area contributed by atoms with Gasteiger partial charge in [-0.15, -0.1) is 11.6 Å². The molecular weight excluding hydrogens is 273 g/mol. The Morgan fingerprint density at radius 1 is 1.33 bits per heavy atom. The average Bonchev–Trinajstić information content (AvgIpc) is 2.60. The first-order valence-electron chi connectivity index (χ1n) is 6.15. The Bertz CT molecular complexity index is 442. The zero-order valence-electron chi connectivity index (χ0n) is 10.2. The second kappa shape index (κ2) is 5.45. The number of carbonyl (C=O) groups excluding carboxylic acids is 2. The van der Waals surface area contributed by atoms with E-state index in [0.717, 1.165) is 19.3 Å². The lowest BCUT2D eigenvalue weighted by atomic mass is 9.98. The van der Waals surface area contributed by atoms with E-state index < -0.39 is 11.7 Å². The van der Waals surface area contributed by atoms with Gasteiger partial charge in [0.1, 0.15) is 0 Å². The van der Waals surface area contributed by atoms with E-state index in [2.05, 4.69) is 6.92 Å². The molecule has 0 aromatic carbocycles. The van der Waals surface area contributed by atoms with Gasteiger partial charge in [-0.05, 0) is 12.5 Å². The summed E-state index contributed by atoms with van der Waals surface area (Å²) in [5.41, 5.74) is 0.362. The fourth-order valence-corrected chi connectivity index (χ4v) is 2.99. The first-order chi connectivity index (χ1) is 8.57. The van der Waals surface area contributed by atoms with Gasteiger partial charge in [-0.3, -0.25) is 9.59 Å². The summed E-state index contributed by atoms with van der Waals surface area (Å²) in [5.74, 6) is -0.977. The highest BCUT2D eigenvalue weighted by atomic mass is 35.5. The van der Waals surface area contributed by atoms with Gasteiger partial charge in [-0.1, -0.05) is 37.4 Å². The first kappa shape index (κ1) is 13.6. The van der Waals surface area contributed by atoms with Gasteiger partial charge in [0, 0.05) is 17.2 Å². The number of rotatable bonds is 4. The zero-order chi connectivity index (χ0) is 13.3. The molecule has 0 N–H and O–H groups in total. The quantitative estimate of drug-likeness (QED) is 0.453. The van der Waals surface area contributed by atoms with Crippen LogP contribution in [0, 0.1) is 0 Å². The largest absolute Gasteiger partial charge is 0.327 e. The number of fused-ring (bicyclic) bond motifs is 1. The van der Waals surface area contributed by atoms with Crippen LogP contribution in [0.5, 0.6) is 0 Å². The summed E-state index contributed by atoms with van der Waals surface area (Å²) in [7, 11) is 0. The van der Waals surface area contributed by atoms with Gasteiger partial charge in [0.15, 0.2) is 0 Å². The van der Waals surface area contributed by atoms with Crippen molar-refractivity contribution in [2.75, 3.05) is 6.54 Å². The molecule has 1 amide bonds. The molecule has 2 atom stereocenters. The highest BCUT2D eigenvalue weighted by Gasteiger charge is 2.47. The van der Waals surface area contributed by atoms with E-state index in [1.165, 1.54) is 0 Å². The van der Waals surface area contributed by atoms with Crippen LogP contribution in [0.4, 0.5) is 0 Å². The van der Waals surface area contributed by atoms with Crippen LogP contribution in [0.15, 0.2) is 22.8 Å². The summed E-state index contributed by atoms with van der Waals surface area (Å²) in [6, 6.07) is -0.388. The third-order valence-corrected chi connectivity index (χ3v) is 4.03. The molecule has 3 nitrogen and oxygen atoms in total. The highest BCUT2D eigenvalue weighted by Crippen LogP contribution is 2.35. The Hall–Kier alpha value is -0.800. The summed E-state index contributed by atoms with van der Waals surface area (Å²) >= 11 is 12.2. The Balaban J connectivity index is 2.24. The van der Waals surface area contributed by atoms with E-state index in [1.807, 2.05) is 0 Å². The van der Waals surface area contributed by atoms with E-state index in [1.54, 1.807) is 17.1 Å². The van der Waals surface area contributed by atoms with Crippen LogP contribution in [0.2, 0.25) is 0 Å². The van der Waals surface area contributed by atoms with Gasteiger partial charge in [-0.2, -0.15) is 0 Å². The molecule has 2 rings (SSSR count). The third-order valence-electron chi connectivity index (χ3n) is 3.32. The summed E-state index contributed by atoms with van der Waals surface area (Å²) in [6.07, 6.45) is 6.31. The molecule has 1 aliphatic carbocycles. The first-order valence-corrected chi connectivity index (χ1v) is 6.96. The van der Waals surface area contributed by atoms with Crippen molar-refractivity contribution < 1.29 is 9.59 Å². The maximum absolute atomic E-state index is 12.0. The van der Waals surface area contributed by atoms with Crippen LogP contribution in [-0.4, -0.2) is 34.6 Å². The smallest absolute Gasteiger partial charge is 0.295 e. The van der Waals surface area contributed by atoms with Gasteiger partial charge in [-0.25, -0.2) is 0 Å². The Kier molecular flexibility index (Phi) is 4.13. The molecule has 1 saturated heterocycles. The number of Topliss-reactive ketones (excluding diaryl/α,β-unsaturated/α-hetero) is 1. The molecule has 0 aromatic rings. The normalized spacial score (nSPS) is 27.2. The summed E-state index contributed by atoms with van der Waals surface area (Å²) in [6.45, 7) is 2.65. The number of hydrogen-bond acceptors (Lipinski definition) is 2. The molecule has 2 unspecified atom stereocenters. The number of ketones is 1. The van der Waals surface area contributed by atoms with Gasteiger partial charge in [0.25, 0.3) is 5.91 Å². The standard InChI is InChI=1S/C13H15Cl2NO2/c1-2-3-4-7-16-11-9(15)6-5-8(14)10(11)12(17)13(16)18/h5-6,9,11H,2-4,7H2,1H3. The topological polar surface area (TPSA) is 37.4 Å². The summed E-state index contributed by atoms with van der Waals surface area (Å²) in [5, 5.41) is -0.0345. The predicted molar refractivity (Wildman–Crippen MR) is 71.7 cm³/mol. The number of unbranched alkanes of at least 4 members (excludes halogenated alkanes) is 2. The Morgan fingerprint density at radius 3 is 2.72 bits per heavy atom. The third kappa shape index (κ3) is 2.21. The number of allylic oxidation sites excluding steroid dienone is 2. The molecular formula is C13H15Cl2NO2. The predicted octanol–water partition coefficient (Wildman–Crippen LogP) is 2.63. The Labute approximate surface area is 116 Å². The lowest BCUT2D eigenvalue weighted by molar-refractivity contribution is -0.139. The van der Waals surface area contributed by atoms with Crippen LogP contribution in [0.3, 0.4) is 0 Å². The molecule has 18 heavy (non-hydrogen) atoms. The molecule has 0 saturated carbocycles. The van der Waals surface area contributed by atoms with Gasteiger partial charge >= 0.3 is 0 Å².